The van der Waals surface area contributed by atoms with Crippen LogP contribution < -0.4 is 10.5 Å². The lowest BCUT2D eigenvalue weighted by Gasteiger charge is -2.21. The van der Waals surface area contributed by atoms with Crippen LogP contribution in [0.3, 0.4) is 0 Å². The van der Waals surface area contributed by atoms with Gasteiger partial charge in [0.1, 0.15) is 4.90 Å². The Morgan fingerprint density at radius 1 is 1.24 bits per heavy atom. The molecule has 0 saturated heterocycles. The average Bonchev–Trinajstić information content (AvgIpc) is 3.00. The molecule has 2 saturated carbocycles. The Morgan fingerprint density at radius 3 is 2.62 bits per heavy atom. The Labute approximate surface area is 125 Å². The van der Waals surface area contributed by atoms with Gasteiger partial charge in [0.05, 0.1) is 5.69 Å². The van der Waals surface area contributed by atoms with E-state index in [0.717, 1.165) is 12.3 Å². The number of sulfonamides is 1. The maximum atomic E-state index is 12.2. The van der Waals surface area contributed by atoms with Crippen LogP contribution in [0.5, 0.6) is 0 Å². The second-order valence-electron chi connectivity index (χ2n) is 6.23. The third-order valence-corrected chi connectivity index (χ3v) is 5.77. The molecule has 2 aliphatic carbocycles. The molecule has 0 spiro atoms. The molecule has 0 heterocycles. The zero-order valence-electron chi connectivity index (χ0n) is 11.8. The molecule has 0 aromatic heterocycles. The summed E-state index contributed by atoms with van der Waals surface area (Å²) in [5.41, 5.74) is 0.271. The molecule has 3 atom stereocenters. The number of carbonyl (C=O) groups is 1. The lowest BCUT2D eigenvalue weighted by atomic mass is 9.86. The third kappa shape index (κ3) is 3.11. The highest BCUT2D eigenvalue weighted by atomic mass is 32.2. The molecule has 0 radical (unpaired) electrons. The minimum absolute atomic E-state index is 0.0358. The van der Waals surface area contributed by atoms with Crippen molar-refractivity contribution in [2.45, 2.75) is 37.0 Å². The molecule has 0 aliphatic heterocycles. The van der Waals surface area contributed by atoms with E-state index in [0.29, 0.717) is 18.3 Å². The van der Waals surface area contributed by atoms with Crippen molar-refractivity contribution in [1.82, 2.24) is 0 Å². The van der Waals surface area contributed by atoms with Gasteiger partial charge in [-0.05, 0) is 49.1 Å². The Balaban J connectivity index is 1.68. The summed E-state index contributed by atoms with van der Waals surface area (Å²) in [7, 11) is -3.83. The molecule has 21 heavy (non-hydrogen) atoms. The third-order valence-electron chi connectivity index (χ3n) is 4.80. The lowest BCUT2D eigenvalue weighted by molar-refractivity contribution is -0.117. The van der Waals surface area contributed by atoms with Crippen molar-refractivity contribution in [2.24, 2.45) is 22.9 Å². The first kappa shape index (κ1) is 14.5. The minimum Gasteiger partial charge on any atom is -0.325 e. The summed E-state index contributed by atoms with van der Waals surface area (Å²) in [6.07, 6.45) is 5.40. The van der Waals surface area contributed by atoms with E-state index in [9.17, 15) is 13.2 Å². The van der Waals surface area contributed by atoms with E-state index in [1.165, 1.54) is 25.3 Å². The largest absolute Gasteiger partial charge is 0.325 e. The van der Waals surface area contributed by atoms with Gasteiger partial charge in [0.15, 0.2) is 0 Å². The molecule has 6 heteroatoms. The van der Waals surface area contributed by atoms with E-state index in [1.54, 1.807) is 18.2 Å². The predicted octanol–water partition coefficient (Wildman–Crippen LogP) is 2.10. The molecule has 3 rings (SSSR count). The van der Waals surface area contributed by atoms with Crippen LogP contribution >= 0.6 is 0 Å². The fraction of sp³-hybridized carbons (Fsp3) is 0.533. The van der Waals surface area contributed by atoms with Crippen LogP contribution in [-0.4, -0.2) is 14.3 Å². The number of primary sulfonamides is 1. The normalized spacial score (nSPS) is 27.8. The molecule has 1 amide bonds. The maximum absolute atomic E-state index is 12.2. The summed E-state index contributed by atoms with van der Waals surface area (Å²) < 4.78 is 23.0. The number of carbonyl (C=O) groups excluding carboxylic acids is 1. The molecule has 1 aromatic carbocycles. The van der Waals surface area contributed by atoms with E-state index in [2.05, 4.69) is 5.32 Å². The zero-order chi connectivity index (χ0) is 15.0. The number of benzene rings is 1. The van der Waals surface area contributed by atoms with Crippen LogP contribution in [0.4, 0.5) is 5.69 Å². The molecule has 2 aliphatic rings. The standard InChI is InChI=1S/C15H20N2O3S/c16-21(19,20)14-4-2-1-3-13(14)17-15(18)9-12-8-10-5-6-11(12)7-10/h1-4,10-12H,5-9H2,(H,17,18)(H2,16,19,20). The summed E-state index contributed by atoms with van der Waals surface area (Å²) in [5, 5.41) is 7.87. The van der Waals surface area contributed by atoms with Crippen molar-refractivity contribution in [3.63, 3.8) is 0 Å². The molecule has 2 fully saturated rings. The van der Waals surface area contributed by atoms with E-state index in [-0.39, 0.29) is 16.5 Å². The van der Waals surface area contributed by atoms with Gasteiger partial charge in [-0.25, -0.2) is 13.6 Å². The van der Waals surface area contributed by atoms with Crippen molar-refractivity contribution < 1.29 is 13.2 Å². The van der Waals surface area contributed by atoms with Crippen LogP contribution in [-0.2, 0) is 14.8 Å². The molecule has 3 N–H and O–H groups in total. The molecule has 5 nitrogen and oxygen atoms in total. The summed E-state index contributed by atoms with van der Waals surface area (Å²) in [6.45, 7) is 0. The molecule has 114 valence electrons. The van der Waals surface area contributed by atoms with Gasteiger partial charge in [-0.15, -0.1) is 0 Å². The number of nitrogens with two attached hydrogens (primary N) is 1. The van der Waals surface area contributed by atoms with Crippen LogP contribution in [0.15, 0.2) is 29.2 Å². The first-order chi connectivity index (χ1) is 9.93. The Kier molecular flexibility index (Phi) is 3.75. The number of hydrogen-bond acceptors (Lipinski definition) is 3. The SMILES string of the molecule is NS(=O)(=O)c1ccccc1NC(=O)CC1CC2CCC1C2. The first-order valence-electron chi connectivity index (χ1n) is 7.35. The Bertz CT molecular complexity index is 657. The van der Waals surface area contributed by atoms with Crippen LogP contribution in [0.2, 0.25) is 0 Å². The molecular weight excluding hydrogens is 288 g/mol. The predicted molar refractivity (Wildman–Crippen MR) is 80.0 cm³/mol. The quantitative estimate of drug-likeness (QED) is 0.892. The van der Waals surface area contributed by atoms with Crippen LogP contribution in [0.1, 0.15) is 32.1 Å². The second-order valence-corrected chi connectivity index (χ2v) is 7.76. The van der Waals surface area contributed by atoms with Gasteiger partial charge in [-0.2, -0.15) is 0 Å². The zero-order valence-corrected chi connectivity index (χ0v) is 12.6. The van der Waals surface area contributed by atoms with Crippen molar-refractivity contribution in [3.8, 4) is 0 Å². The Hall–Kier alpha value is -1.40. The van der Waals surface area contributed by atoms with E-state index < -0.39 is 10.0 Å². The van der Waals surface area contributed by atoms with Gasteiger partial charge in [-0.3, -0.25) is 4.79 Å². The van der Waals surface area contributed by atoms with Crippen molar-refractivity contribution in [1.29, 1.82) is 0 Å². The molecule has 2 bridgehead atoms. The van der Waals surface area contributed by atoms with E-state index in [4.69, 9.17) is 5.14 Å². The highest BCUT2D eigenvalue weighted by Crippen LogP contribution is 2.49. The molecule has 3 unspecified atom stereocenters. The number of fused-ring (bicyclic) bond motifs is 2. The maximum Gasteiger partial charge on any atom is 0.240 e. The molecular formula is C15H20N2O3S. The minimum atomic E-state index is -3.83. The van der Waals surface area contributed by atoms with E-state index >= 15 is 0 Å². The smallest absolute Gasteiger partial charge is 0.240 e. The molecule has 1 aromatic rings. The van der Waals surface area contributed by atoms with Crippen LogP contribution in [0.25, 0.3) is 0 Å². The van der Waals surface area contributed by atoms with Gasteiger partial charge in [0, 0.05) is 6.42 Å². The van der Waals surface area contributed by atoms with Gasteiger partial charge in [-0.1, -0.05) is 18.6 Å². The van der Waals surface area contributed by atoms with Crippen molar-refractivity contribution in [2.75, 3.05) is 5.32 Å². The van der Waals surface area contributed by atoms with Crippen LogP contribution in [0, 0.1) is 17.8 Å². The first-order valence-corrected chi connectivity index (χ1v) is 8.90. The average molecular weight is 308 g/mol. The lowest BCUT2D eigenvalue weighted by Crippen LogP contribution is -2.22. The van der Waals surface area contributed by atoms with Gasteiger partial charge < -0.3 is 5.32 Å². The van der Waals surface area contributed by atoms with Gasteiger partial charge >= 0.3 is 0 Å². The van der Waals surface area contributed by atoms with Gasteiger partial charge in [0.2, 0.25) is 15.9 Å². The number of amides is 1. The highest BCUT2D eigenvalue weighted by Gasteiger charge is 2.40. The summed E-state index contributed by atoms with van der Waals surface area (Å²) in [4.78, 5) is 12.1. The summed E-state index contributed by atoms with van der Waals surface area (Å²) in [5.74, 6) is 1.80. The number of rotatable bonds is 4. The summed E-state index contributed by atoms with van der Waals surface area (Å²) >= 11 is 0. The number of nitrogens with one attached hydrogen (secondary N) is 1. The monoisotopic (exact) mass is 308 g/mol. The van der Waals surface area contributed by atoms with Crippen molar-refractivity contribution in [3.05, 3.63) is 24.3 Å². The number of para-hydroxylation sites is 1. The summed E-state index contributed by atoms with van der Waals surface area (Å²) in [6, 6.07) is 6.24. The number of anilines is 1. The van der Waals surface area contributed by atoms with Gasteiger partial charge in [0.25, 0.3) is 0 Å². The van der Waals surface area contributed by atoms with E-state index in [1.807, 2.05) is 0 Å². The highest BCUT2D eigenvalue weighted by molar-refractivity contribution is 7.89. The van der Waals surface area contributed by atoms with Crippen molar-refractivity contribution >= 4 is 21.6 Å². The Morgan fingerprint density at radius 2 is 2.00 bits per heavy atom. The fourth-order valence-electron chi connectivity index (χ4n) is 3.88. The second kappa shape index (κ2) is 5.42. The topological polar surface area (TPSA) is 89.3 Å². The number of hydrogen-bond donors (Lipinski definition) is 2. The fourth-order valence-corrected chi connectivity index (χ4v) is 4.58.